The lowest BCUT2D eigenvalue weighted by Gasteiger charge is -2.26. The number of benzene rings is 3. The van der Waals surface area contributed by atoms with Gasteiger partial charge in [-0.2, -0.15) is 0 Å². The van der Waals surface area contributed by atoms with Crippen molar-refractivity contribution in [1.29, 1.82) is 0 Å². The molecule has 0 saturated carbocycles. The summed E-state index contributed by atoms with van der Waals surface area (Å²) in [6.07, 6.45) is 0.587. The molecule has 32 heavy (non-hydrogen) atoms. The highest BCUT2D eigenvalue weighted by Crippen LogP contribution is 2.28. The highest BCUT2D eigenvalue weighted by Gasteiger charge is 2.28. The van der Waals surface area contributed by atoms with Crippen LogP contribution >= 0.6 is 0 Å². The Morgan fingerprint density at radius 1 is 0.906 bits per heavy atom. The molecule has 0 atom stereocenters. The van der Waals surface area contributed by atoms with Gasteiger partial charge in [0.25, 0.3) is 10.0 Å². The van der Waals surface area contributed by atoms with Gasteiger partial charge in [0.2, 0.25) is 5.91 Å². The van der Waals surface area contributed by atoms with Crippen LogP contribution in [0.4, 0.5) is 11.4 Å². The molecule has 0 spiro atoms. The number of aryl methyl sites for hydroxylation is 1. The normalized spacial score (nSPS) is 10.9. The Hall–Kier alpha value is -3.65. The quantitative estimate of drug-likeness (QED) is 0.524. The number of methoxy groups -OCH3 is 1. The lowest BCUT2D eigenvalue weighted by Crippen LogP contribution is -2.38. The first-order valence-electron chi connectivity index (χ1n) is 10.0. The molecule has 8 heteroatoms. The van der Waals surface area contributed by atoms with Gasteiger partial charge in [-0.1, -0.05) is 55.5 Å². The fourth-order valence-corrected chi connectivity index (χ4v) is 4.75. The zero-order valence-electron chi connectivity index (χ0n) is 17.8. The maximum Gasteiger partial charge on any atom is 0.339 e. The second-order valence-corrected chi connectivity index (χ2v) is 8.75. The van der Waals surface area contributed by atoms with E-state index in [-0.39, 0.29) is 16.1 Å². The van der Waals surface area contributed by atoms with Crippen molar-refractivity contribution in [3.63, 3.8) is 0 Å². The highest BCUT2D eigenvalue weighted by atomic mass is 32.2. The lowest BCUT2D eigenvalue weighted by atomic mass is 10.1. The largest absolute Gasteiger partial charge is 0.465 e. The predicted molar refractivity (Wildman–Crippen MR) is 123 cm³/mol. The maximum atomic E-state index is 13.5. The number of hydrogen-bond donors (Lipinski definition) is 1. The van der Waals surface area contributed by atoms with Crippen molar-refractivity contribution in [3.8, 4) is 0 Å². The van der Waals surface area contributed by atoms with Crippen LogP contribution in [0.3, 0.4) is 0 Å². The van der Waals surface area contributed by atoms with Crippen molar-refractivity contribution in [2.75, 3.05) is 23.3 Å². The summed E-state index contributed by atoms with van der Waals surface area (Å²) in [7, 11) is -2.78. The van der Waals surface area contributed by atoms with Gasteiger partial charge in [0, 0.05) is 0 Å². The van der Waals surface area contributed by atoms with Gasteiger partial charge < -0.3 is 10.1 Å². The number of anilines is 2. The summed E-state index contributed by atoms with van der Waals surface area (Å²) in [5.74, 6) is -1.20. The number of nitrogens with one attached hydrogen (secondary N) is 1. The van der Waals surface area contributed by atoms with Crippen LogP contribution in [0.25, 0.3) is 0 Å². The van der Waals surface area contributed by atoms with E-state index in [4.69, 9.17) is 4.74 Å². The SMILES string of the molecule is CCc1ccccc1N(CC(=O)Nc1ccccc1C(=O)OC)S(=O)(=O)c1ccccc1. The third kappa shape index (κ3) is 4.97. The molecule has 3 aromatic carbocycles. The minimum absolute atomic E-state index is 0.0775. The third-order valence-electron chi connectivity index (χ3n) is 4.87. The molecule has 7 nitrogen and oxygen atoms in total. The zero-order valence-corrected chi connectivity index (χ0v) is 18.6. The Balaban J connectivity index is 1.99. The Morgan fingerprint density at radius 3 is 2.22 bits per heavy atom. The molecule has 1 N–H and O–H groups in total. The Kier molecular flexibility index (Phi) is 7.27. The number of ether oxygens (including phenoxy) is 1. The van der Waals surface area contributed by atoms with Crippen molar-refractivity contribution in [3.05, 3.63) is 90.0 Å². The summed E-state index contributed by atoms with van der Waals surface area (Å²) in [5, 5.41) is 2.64. The molecule has 0 aliphatic carbocycles. The van der Waals surface area contributed by atoms with Crippen molar-refractivity contribution in [1.82, 2.24) is 0 Å². The molecule has 0 bridgehead atoms. The Bertz CT molecular complexity index is 1210. The highest BCUT2D eigenvalue weighted by molar-refractivity contribution is 7.92. The van der Waals surface area contributed by atoms with E-state index < -0.39 is 28.4 Å². The summed E-state index contributed by atoms with van der Waals surface area (Å²) in [6, 6.07) is 21.4. The van der Waals surface area contributed by atoms with E-state index >= 15 is 0 Å². The Labute approximate surface area is 187 Å². The lowest BCUT2D eigenvalue weighted by molar-refractivity contribution is -0.114. The molecule has 3 rings (SSSR count). The number of nitrogens with zero attached hydrogens (tertiary/aromatic N) is 1. The van der Waals surface area contributed by atoms with E-state index in [0.29, 0.717) is 12.1 Å². The average Bonchev–Trinajstić information content (AvgIpc) is 2.83. The van der Waals surface area contributed by atoms with E-state index in [1.54, 1.807) is 48.5 Å². The molecule has 3 aromatic rings. The standard InChI is InChI=1S/C24H24N2O5S/c1-3-18-11-7-10-16-22(18)26(32(29,30)19-12-5-4-6-13-19)17-23(27)25-21-15-9-8-14-20(21)24(28)31-2/h4-16H,3,17H2,1-2H3,(H,25,27). The first-order chi connectivity index (χ1) is 15.4. The number of sulfonamides is 1. The van der Waals surface area contributed by atoms with Gasteiger partial charge in [0.1, 0.15) is 6.54 Å². The summed E-state index contributed by atoms with van der Waals surface area (Å²) in [4.78, 5) is 25.1. The molecule has 166 valence electrons. The number of carbonyl (C=O) groups is 2. The van der Waals surface area contributed by atoms with E-state index in [1.807, 2.05) is 19.1 Å². The molecule has 0 radical (unpaired) electrons. The summed E-state index contributed by atoms with van der Waals surface area (Å²) < 4.78 is 32.8. The van der Waals surface area contributed by atoms with Crippen molar-refractivity contribution >= 4 is 33.3 Å². The van der Waals surface area contributed by atoms with E-state index in [2.05, 4.69) is 5.32 Å². The van der Waals surface area contributed by atoms with Crippen molar-refractivity contribution in [2.45, 2.75) is 18.2 Å². The molecule has 0 aliphatic rings. The monoisotopic (exact) mass is 452 g/mol. The predicted octanol–water partition coefficient (Wildman–Crippen LogP) is 3.87. The molecule has 0 fully saturated rings. The average molecular weight is 453 g/mol. The van der Waals surface area contributed by atoms with Crippen LogP contribution in [0.15, 0.2) is 83.8 Å². The maximum absolute atomic E-state index is 13.5. The van der Waals surface area contributed by atoms with Gasteiger partial charge in [-0.3, -0.25) is 9.10 Å². The van der Waals surface area contributed by atoms with Gasteiger partial charge in [-0.25, -0.2) is 13.2 Å². The topological polar surface area (TPSA) is 92.8 Å². The van der Waals surface area contributed by atoms with Crippen LogP contribution in [0.2, 0.25) is 0 Å². The number of para-hydroxylation sites is 2. The minimum Gasteiger partial charge on any atom is -0.465 e. The van der Waals surface area contributed by atoms with Crippen molar-refractivity contribution < 1.29 is 22.7 Å². The van der Waals surface area contributed by atoms with Gasteiger partial charge in [0.15, 0.2) is 0 Å². The zero-order chi connectivity index (χ0) is 23.1. The fourth-order valence-electron chi connectivity index (χ4n) is 3.27. The van der Waals surface area contributed by atoms with E-state index in [0.717, 1.165) is 9.87 Å². The van der Waals surface area contributed by atoms with Gasteiger partial charge in [0.05, 0.1) is 28.9 Å². The van der Waals surface area contributed by atoms with Crippen molar-refractivity contribution in [2.24, 2.45) is 0 Å². The number of amides is 1. The number of hydrogen-bond acceptors (Lipinski definition) is 5. The smallest absolute Gasteiger partial charge is 0.339 e. The molecule has 0 saturated heterocycles. The summed E-state index contributed by atoms with van der Waals surface area (Å²) >= 11 is 0. The van der Waals surface area contributed by atoms with E-state index in [9.17, 15) is 18.0 Å². The van der Waals surface area contributed by atoms with Gasteiger partial charge in [-0.15, -0.1) is 0 Å². The molecular weight excluding hydrogens is 428 g/mol. The fraction of sp³-hybridized carbons (Fsp3) is 0.167. The second-order valence-electron chi connectivity index (χ2n) is 6.89. The van der Waals surface area contributed by atoms with Crippen LogP contribution in [0.1, 0.15) is 22.8 Å². The molecule has 0 aliphatic heterocycles. The molecule has 1 amide bonds. The molecular formula is C24H24N2O5S. The van der Waals surface area contributed by atoms with E-state index in [1.165, 1.54) is 25.3 Å². The third-order valence-corrected chi connectivity index (χ3v) is 6.64. The van der Waals surface area contributed by atoms with Gasteiger partial charge in [-0.05, 0) is 42.3 Å². The second kappa shape index (κ2) is 10.1. The summed E-state index contributed by atoms with van der Waals surface area (Å²) in [6.45, 7) is 1.45. The number of rotatable bonds is 8. The first-order valence-corrected chi connectivity index (χ1v) is 11.5. The number of esters is 1. The molecule has 0 heterocycles. The summed E-state index contributed by atoms with van der Waals surface area (Å²) in [5.41, 5.74) is 1.63. The van der Waals surface area contributed by atoms with Crippen LogP contribution in [-0.2, 0) is 26.0 Å². The van der Waals surface area contributed by atoms with Crippen LogP contribution < -0.4 is 9.62 Å². The Morgan fingerprint density at radius 2 is 1.53 bits per heavy atom. The molecule has 0 aromatic heterocycles. The number of carbonyl (C=O) groups excluding carboxylic acids is 2. The van der Waals surface area contributed by atoms with Gasteiger partial charge >= 0.3 is 5.97 Å². The van der Waals surface area contributed by atoms with Crippen LogP contribution in [-0.4, -0.2) is 33.9 Å². The first kappa shape index (κ1) is 23.0. The van der Waals surface area contributed by atoms with Crippen LogP contribution in [0, 0.1) is 0 Å². The molecule has 0 unspecified atom stereocenters. The minimum atomic E-state index is -4.02. The van der Waals surface area contributed by atoms with Crippen LogP contribution in [0.5, 0.6) is 0 Å².